The van der Waals surface area contributed by atoms with Gasteiger partial charge in [-0.1, -0.05) is 36.6 Å². The Morgan fingerprint density at radius 3 is 2.41 bits per heavy atom. The number of amides is 1. The summed E-state index contributed by atoms with van der Waals surface area (Å²) in [6.45, 7) is 0.487. The zero-order valence-corrected chi connectivity index (χ0v) is 13.2. The first-order chi connectivity index (χ1) is 10.5. The van der Waals surface area contributed by atoms with Crippen molar-refractivity contribution in [3.8, 4) is 0 Å². The summed E-state index contributed by atoms with van der Waals surface area (Å²) in [5.74, 6) is -1.35. The summed E-state index contributed by atoms with van der Waals surface area (Å²) in [6, 6.07) is 7.78. The van der Waals surface area contributed by atoms with Gasteiger partial charge in [0.05, 0.1) is 0 Å². The topological polar surface area (TPSA) is 66.4 Å². The smallest absolute Gasteiger partial charge is 0.319 e. The normalized spacial score (nSPS) is 21.3. The van der Waals surface area contributed by atoms with E-state index in [1.807, 2.05) is 24.3 Å². The van der Waals surface area contributed by atoms with Gasteiger partial charge in [-0.05, 0) is 43.4 Å². The monoisotopic (exact) mass is 321 g/mol. The highest BCUT2D eigenvalue weighted by Gasteiger charge is 2.57. The minimum absolute atomic E-state index is 0.116. The van der Waals surface area contributed by atoms with Crippen LogP contribution >= 0.6 is 11.6 Å². The Morgan fingerprint density at radius 1 is 1.18 bits per heavy atom. The fourth-order valence-corrected chi connectivity index (χ4v) is 3.71. The third-order valence-corrected chi connectivity index (χ3v) is 5.41. The summed E-state index contributed by atoms with van der Waals surface area (Å²) in [5.41, 5.74) is -0.151. The van der Waals surface area contributed by atoms with Crippen LogP contribution in [0.5, 0.6) is 0 Å². The molecule has 2 aliphatic rings. The molecule has 2 fully saturated rings. The van der Waals surface area contributed by atoms with Gasteiger partial charge in [0.15, 0.2) is 0 Å². The van der Waals surface area contributed by atoms with E-state index in [4.69, 9.17) is 11.6 Å². The molecule has 5 heteroatoms. The van der Waals surface area contributed by atoms with Gasteiger partial charge in [-0.15, -0.1) is 0 Å². The molecule has 0 unspecified atom stereocenters. The molecule has 4 nitrogen and oxygen atoms in total. The fourth-order valence-electron chi connectivity index (χ4n) is 3.52. The van der Waals surface area contributed by atoms with Crippen LogP contribution in [-0.4, -0.2) is 23.5 Å². The molecule has 0 heterocycles. The van der Waals surface area contributed by atoms with Crippen molar-refractivity contribution in [1.82, 2.24) is 5.32 Å². The van der Waals surface area contributed by atoms with Crippen LogP contribution in [0.15, 0.2) is 24.3 Å². The molecular weight excluding hydrogens is 302 g/mol. The molecule has 0 aliphatic heterocycles. The average Bonchev–Trinajstić information content (AvgIpc) is 3.18. The van der Waals surface area contributed by atoms with Gasteiger partial charge >= 0.3 is 5.97 Å². The zero-order chi connectivity index (χ0) is 15.8. The highest BCUT2D eigenvalue weighted by molar-refractivity contribution is 6.30. The summed E-state index contributed by atoms with van der Waals surface area (Å²) in [7, 11) is 0. The number of carbonyl (C=O) groups excluding carboxylic acids is 1. The standard InChI is InChI=1S/C17H20ClNO3/c18-13-5-3-4-12(10-13)16(6-1-2-7-16)11-19-14(20)17(8-9-17)15(21)22/h3-5,10H,1-2,6-9,11H2,(H,19,20)(H,21,22). The first kappa shape index (κ1) is 15.3. The maximum Gasteiger partial charge on any atom is 0.319 e. The van der Waals surface area contributed by atoms with E-state index in [0.29, 0.717) is 24.4 Å². The van der Waals surface area contributed by atoms with Gasteiger partial charge in [0.25, 0.3) is 0 Å². The fraction of sp³-hybridized carbons (Fsp3) is 0.529. The van der Waals surface area contributed by atoms with E-state index in [1.54, 1.807) is 0 Å². The second kappa shape index (κ2) is 5.58. The molecule has 0 radical (unpaired) electrons. The molecule has 2 saturated carbocycles. The number of nitrogens with one attached hydrogen (secondary N) is 1. The number of benzene rings is 1. The predicted molar refractivity (Wildman–Crippen MR) is 83.9 cm³/mol. The molecule has 0 atom stereocenters. The minimum atomic E-state index is -1.17. The lowest BCUT2D eigenvalue weighted by Crippen LogP contribution is -2.44. The molecule has 2 N–H and O–H groups in total. The molecule has 2 aliphatic carbocycles. The quantitative estimate of drug-likeness (QED) is 0.819. The van der Waals surface area contributed by atoms with Gasteiger partial charge in [0.1, 0.15) is 5.41 Å². The molecule has 22 heavy (non-hydrogen) atoms. The Bertz CT molecular complexity index is 604. The zero-order valence-electron chi connectivity index (χ0n) is 12.4. The lowest BCUT2D eigenvalue weighted by Gasteiger charge is -2.30. The summed E-state index contributed by atoms with van der Waals surface area (Å²) >= 11 is 6.11. The average molecular weight is 322 g/mol. The minimum Gasteiger partial charge on any atom is -0.480 e. The molecule has 0 spiro atoms. The van der Waals surface area contributed by atoms with Gasteiger partial charge in [0.2, 0.25) is 5.91 Å². The molecule has 0 aromatic heterocycles. The van der Waals surface area contributed by atoms with E-state index in [-0.39, 0.29) is 11.3 Å². The number of rotatable bonds is 5. The number of carboxylic acid groups (broad SMARTS) is 1. The Kier molecular flexibility index (Phi) is 3.89. The highest BCUT2D eigenvalue weighted by atomic mass is 35.5. The Labute approximate surface area is 134 Å². The van der Waals surface area contributed by atoms with Gasteiger partial charge < -0.3 is 10.4 Å². The van der Waals surface area contributed by atoms with Gasteiger partial charge in [-0.25, -0.2) is 0 Å². The Hall–Kier alpha value is -1.55. The van der Waals surface area contributed by atoms with E-state index in [2.05, 4.69) is 5.32 Å². The molecule has 3 rings (SSSR count). The van der Waals surface area contributed by atoms with Crippen molar-refractivity contribution in [2.24, 2.45) is 5.41 Å². The van der Waals surface area contributed by atoms with E-state index >= 15 is 0 Å². The summed E-state index contributed by atoms with van der Waals surface area (Å²) in [5, 5.41) is 12.8. The number of hydrogen-bond acceptors (Lipinski definition) is 2. The largest absolute Gasteiger partial charge is 0.480 e. The van der Waals surface area contributed by atoms with Crippen molar-refractivity contribution in [3.05, 3.63) is 34.9 Å². The third kappa shape index (κ3) is 2.60. The van der Waals surface area contributed by atoms with Gasteiger partial charge in [-0.2, -0.15) is 0 Å². The SMILES string of the molecule is O=C(O)C1(C(=O)NCC2(c3cccc(Cl)c3)CCCC2)CC1. The van der Waals surface area contributed by atoms with E-state index < -0.39 is 11.4 Å². The number of carbonyl (C=O) groups is 2. The first-order valence-corrected chi connectivity index (χ1v) is 8.14. The lowest BCUT2D eigenvalue weighted by molar-refractivity contribution is -0.149. The molecule has 0 bridgehead atoms. The van der Waals surface area contributed by atoms with Crippen molar-refractivity contribution in [2.75, 3.05) is 6.54 Å². The first-order valence-electron chi connectivity index (χ1n) is 7.76. The molecule has 0 saturated heterocycles. The number of hydrogen-bond donors (Lipinski definition) is 2. The maximum absolute atomic E-state index is 12.2. The van der Waals surface area contributed by atoms with Crippen molar-refractivity contribution in [1.29, 1.82) is 0 Å². The summed E-state index contributed by atoms with van der Waals surface area (Å²) in [4.78, 5) is 23.5. The van der Waals surface area contributed by atoms with Crippen LogP contribution < -0.4 is 5.32 Å². The molecule has 1 amide bonds. The highest BCUT2D eigenvalue weighted by Crippen LogP contribution is 2.47. The van der Waals surface area contributed by atoms with Crippen molar-refractivity contribution >= 4 is 23.5 Å². The van der Waals surface area contributed by atoms with Crippen LogP contribution in [0, 0.1) is 5.41 Å². The summed E-state index contributed by atoms with van der Waals surface area (Å²) < 4.78 is 0. The van der Waals surface area contributed by atoms with Crippen molar-refractivity contribution in [2.45, 2.75) is 43.9 Å². The van der Waals surface area contributed by atoms with Crippen LogP contribution in [0.4, 0.5) is 0 Å². The van der Waals surface area contributed by atoms with Crippen LogP contribution in [-0.2, 0) is 15.0 Å². The van der Waals surface area contributed by atoms with E-state index in [0.717, 1.165) is 31.2 Å². The van der Waals surface area contributed by atoms with Crippen molar-refractivity contribution < 1.29 is 14.7 Å². The number of aliphatic carboxylic acids is 1. The van der Waals surface area contributed by atoms with Crippen LogP contribution in [0.1, 0.15) is 44.1 Å². The number of carboxylic acids is 1. The van der Waals surface area contributed by atoms with Crippen molar-refractivity contribution in [3.63, 3.8) is 0 Å². The Balaban J connectivity index is 1.76. The van der Waals surface area contributed by atoms with Crippen LogP contribution in [0.3, 0.4) is 0 Å². The third-order valence-electron chi connectivity index (χ3n) is 5.18. The van der Waals surface area contributed by atoms with Crippen LogP contribution in [0.25, 0.3) is 0 Å². The van der Waals surface area contributed by atoms with Gasteiger partial charge in [-0.3, -0.25) is 9.59 Å². The maximum atomic E-state index is 12.2. The summed E-state index contributed by atoms with van der Waals surface area (Å²) in [6.07, 6.45) is 5.11. The van der Waals surface area contributed by atoms with E-state index in [1.165, 1.54) is 0 Å². The second-order valence-corrected chi connectivity index (χ2v) is 7.00. The lowest BCUT2D eigenvalue weighted by atomic mass is 9.78. The second-order valence-electron chi connectivity index (χ2n) is 6.57. The van der Waals surface area contributed by atoms with Gasteiger partial charge in [0, 0.05) is 17.0 Å². The molecule has 1 aromatic carbocycles. The molecule has 118 valence electrons. The van der Waals surface area contributed by atoms with Crippen LogP contribution in [0.2, 0.25) is 5.02 Å². The number of halogens is 1. The molecule has 1 aromatic rings. The van der Waals surface area contributed by atoms with E-state index in [9.17, 15) is 14.7 Å². The molecular formula is C17H20ClNO3. The predicted octanol–water partition coefficient (Wildman–Crippen LogP) is 3.13. The Morgan fingerprint density at radius 2 is 1.86 bits per heavy atom.